The highest BCUT2D eigenvalue weighted by Gasteiger charge is 2.31. The van der Waals surface area contributed by atoms with E-state index in [2.05, 4.69) is 15.1 Å². The molecule has 0 aliphatic carbocycles. The molecule has 0 unspecified atom stereocenters. The molecule has 3 aliphatic heterocycles. The van der Waals surface area contributed by atoms with Crippen molar-refractivity contribution in [1.82, 2.24) is 10.2 Å². The second-order valence-corrected chi connectivity index (χ2v) is 10.6. The van der Waals surface area contributed by atoms with Gasteiger partial charge in [0.25, 0.3) is 5.91 Å². The Bertz CT molecular complexity index is 1510. The number of anilines is 2. The topological polar surface area (TPSA) is 116 Å². The summed E-state index contributed by atoms with van der Waals surface area (Å²) in [5.41, 5.74) is 4.01. The number of nitrogens with one attached hydrogen (secondary N) is 1. The lowest BCUT2D eigenvalue weighted by molar-refractivity contribution is -0.134. The number of aliphatic hydroxyl groups excluding tert-OH is 1. The zero-order valence-corrected chi connectivity index (χ0v) is 22.6. The number of aryl methyl sites for hydroxylation is 2. The minimum absolute atomic E-state index is 0.171. The number of piperazine rings is 1. The van der Waals surface area contributed by atoms with Crippen molar-refractivity contribution in [2.45, 2.75) is 31.7 Å². The number of methoxy groups -OCH3 is 1. The van der Waals surface area contributed by atoms with Gasteiger partial charge in [0.1, 0.15) is 22.9 Å². The van der Waals surface area contributed by atoms with Gasteiger partial charge in [-0.15, -0.1) is 0 Å². The Morgan fingerprint density at radius 2 is 1.77 bits per heavy atom. The number of amides is 2. The maximum Gasteiger partial charge on any atom is 0.349 e. The summed E-state index contributed by atoms with van der Waals surface area (Å²) < 4.78 is 11.2. The lowest BCUT2D eigenvalue weighted by Gasteiger charge is -2.37. The zero-order chi connectivity index (χ0) is 27.8. The van der Waals surface area contributed by atoms with E-state index < -0.39 is 24.2 Å². The smallest absolute Gasteiger partial charge is 0.349 e. The van der Waals surface area contributed by atoms with E-state index in [-0.39, 0.29) is 11.5 Å². The van der Waals surface area contributed by atoms with Crippen LogP contribution in [0.15, 0.2) is 45.6 Å². The standard InChI is InChI=1S/C30H34N4O6/c1-39-25-9-3-2-8-24(25)32-12-14-34(15-13-32)29(37)23(18-35)31-28(36)22-17-20-16-19-6-4-10-33-11-5-7-21(26(19)33)27(20)40-30(22)38/h2-3,8-9,16-17,23,35H,4-7,10-15,18H2,1H3,(H,31,36)/t23-/m0/s1. The summed E-state index contributed by atoms with van der Waals surface area (Å²) in [5.74, 6) is -0.359. The number of benzene rings is 2. The van der Waals surface area contributed by atoms with Crippen molar-refractivity contribution in [3.8, 4) is 5.75 Å². The molecule has 0 spiro atoms. The van der Waals surface area contributed by atoms with Crippen molar-refractivity contribution < 1.29 is 23.8 Å². The number of nitrogens with zero attached hydrogens (tertiary/aromatic N) is 3. The number of ether oxygens (including phenoxy) is 1. The van der Waals surface area contributed by atoms with Gasteiger partial charge in [0.2, 0.25) is 5.91 Å². The molecule has 6 rings (SSSR count). The average Bonchev–Trinajstić information content (AvgIpc) is 3.00. The predicted molar refractivity (Wildman–Crippen MR) is 151 cm³/mol. The summed E-state index contributed by atoms with van der Waals surface area (Å²) >= 11 is 0. The van der Waals surface area contributed by atoms with E-state index in [0.717, 1.165) is 55.8 Å². The molecule has 2 aromatic carbocycles. The quantitative estimate of drug-likeness (QED) is 0.451. The number of hydrogen-bond acceptors (Lipinski definition) is 8. The molecule has 1 atom stereocenters. The first-order valence-corrected chi connectivity index (χ1v) is 13.9. The minimum Gasteiger partial charge on any atom is -0.495 e. The van der Waals surface area contributed by atoms with E-state index >= 15 is 0 Å². The fraction of sp³-hybridized carbons (Fsp3) is 0.433. The van der Waals surface area contributed by atoms with Crippen molar-refractivity contribution in [3.63, 3.8) is 0 Å². The van der Waals surface area contributed by atoms with E-state index in [1.807, 2.05) is 30.3 Å². The van der Waals surface area contributed by atoms with Gasteiger partial charge in [0.15, 0.2) is 0 Å². The van der Waals surface area contributed by atoms with Gasteiger partial charge >= 0.3 is 5.63 Å². The molecule has 2 N–H and O–H groups in total. The van der Waals surface area contributed by atoms with Gasteiger partial charge in [0, 0.05) is 55.9 Å². The van der Waals surface area contributed by atoms with Crippen LogP contribution in [-0.2, 0) is 17.6 Å². The van der Waals surface area contributed by atoms with Crippen LogP contribution in [0.1, 0.15) is 34.3 Å². The predicted octanol–water partition coefficient (Wildman–Crippen LogP) is 1.94. The molecule has 10 nitrogen and oxygen atoms in total. The molecule has 210 valence electrons. The van der Waals surface area contributed by atoms with E-state index in [1.54, 1.807) is 18.1 Å². The molecular weight excluding hydrogens is 512 g/mol. The van der Waals surface area contributed by atoms with Crippen LogP contribution in [0.2, 0.25) is 0 Å². The van der Waals surface area contributed by atoms with Gasteiger partial charge in [-0.1, -0.05) is 12.1 Å². The highest BCUT2D eigenvalue weighted by Crippen LogP contribution is 2.39. The molecule has 0 radical (unpaired) electrons. The first-order valence-electron chi connectivity index (χ1n) is 13.9. The second kappa shape index (κ2) is 10.8. The van der Waals surface area contributed by atoms with Crippen LogP contribution in [0.4, 0.5) is 11.4 Å². The molecule has 1 saturated heterocycles. The number of hydrogen-bond donors (Lipinski definition) is 2. The van der Waals surface area contributed by atoms with Gasteiger partial charge in [-0.05, 0) is 55.5 Å². The summed E-state index contributed by atoms with van der Waals surface area (Å²) in [6.45, 7) is 3.43. The maximum absolute atomic E-state index is 13.2. The van der Waals surface area contributed by atoms with E-state index in [4.69, 9.17) is 9.15 Å². The summed E-state index contributed by atoms with van der Waals surface area (Å²) in [7, 11) is 1.63. The third-order valence-electron chi connectivity index (χ3n) is 8.26. The fourth-order valence-corrected chi connectivity index (χ4v) is 6.30. The highest BCUT2D eigenvalue weighted by atomic mass is 16.5. The zero-order valence-electron chi connectivity index (χ0n) is 22.6. The molecule has 3 aromatic rings. The Labute approximate surface area is 232 Å². The average molecular weight is 547 g/mol. The van der Waals surface area contributed by atoms with Gasteiger partial charge in [-0.25, -0.2) is 4.79 Å². The monoisotopic (exact) mass is 546 g/mol. The number of para-hydroxylation sites is 2. The van der Waals surface area contributed by atoms with Crippen molar-refractivity contribution in [2.24, 2.45) is 0 Å². The SMILES string of the molecule is COc1ccccc1N1CCN(C(=O)[C@H](CO)NC(=O)c2cc3cc4c5c(c3oc2=O)CCCN5CCC4)CC1. The molecule has 2 amide bonds. The number of fused-ring (bicyclic) bond motifs is 2. The number of rotatable bonds is 6. The number of carbonyl (C=O) groups is 2. The Kier molecular flexibility index (Phi) is 7.10. The lowest BCUT2D eigenvalue weighted by Crippen LogP contribution is -2.56. The molecule has 1 fully saturated rings. The van der Waals surface area contributed by atoms with E-state index in [9.17, 15) is 19.5 Å². The normalized spacial score (nSPS) is 17.4. The van der Waals surface area contributed by atoms with Gasteiger partial charge in [-0.2, -0.15) is 0 Å². The summed E-state index contributed by atoms with van der Waals surface area (Å²) in [4.78, 5) is 45.5. The van der Waals surface area contributed by atoms with Gasteiger partial charge in [-0.3, -0.25) is 9.59 Å². The maximum atomic E-state index is 13.2. The fourth-order valence-electron chi connectivity index (χ4n) is 6.30. The second-order valence-electron chi connectivity index (χ2n) is 10.6. The molecule has 1 aromatic heterocycles. The molecule has 0 saturated carbocycles. The van der Waals surface area contributed by atoms with Crippen LogP contribution in [-0.4, -0.2) is 80.8 Å². The minimum atomic E-state index is -1.17. The third kappa shape index (κ3) is 4.66. The number of aliphatic hydroxyl groups is 1. The van der Waals surface area contributed by atoms with Crippen molar-refractivity contribution in [1.29, 1.82) is 0 Å². The lowest BCUT2D eigenvalue weighted by atomic mass is 9.90. The van der Waals surface area contributed by atoms with Crippen LogP contribution in [0.25, 0.3) is 11.0 Å². The van der Waals surface area contributed by atoms with Crippen LogP contribution >= 0.6 is 0 Å². The van der Waals surface area contributed by atoms with E-state index in [0.29, 0.717) is 37.1 Å². The number of carbonyl (C=O) groups excluding carboxylic acids is 2. The van der Waals surface area contributed by atoms with E-state index in [1.165, 1.54) is 11.3 Å². The third-order valence-corrected chi connectivity index (χ3v) is 8.26. The highest BCUT2D eigenvalue weighted by molar-refractivity contribution is 6.00. The molecule has 10 heteroatoms. The summed E-state index contributed by atoms with van der Waals surface area (Å²) in [5, 5.41) is 13.3. The first-order chi connectivity index (χ1) is 19.5. The molecule has 0 bridgehead atoms. The summed E-state index contributed by atoms with van der Waals surface area (Å²) in [6, 6.07) is 10.1. The molecule has 4 heterocycles. The van der Waals surface area contributed by atoms with Crippen molar-refractivity contribution in [2.75, 3.05) is 62.8 Å². The molecule has 40 heavy (non-hydrogen) atoms. The summed E-state index contributed by atoms with van der Waals surface area (Å²) in [6.07, 6.45) is 3.83. The van der Waals surface area contributed by atoms with Crippen LogP contribution in [0.3, 0.4) is 0 Å². The molecular formula is C30H34N4O6. The van der Waals surface area contributed by atoms with Crippen LogP contribution in [0, 0.1) is 0 Å². The molecule has 3 aliphatic rings. The Balaban J connectivity index is 1.18. The van der Waals surface area contributed by atoms with Crippen molar-refractivity contribution in [3.05, 3.63) is 63.5 Å². The van der Waals surface area contributed by atoms with Crippen LogP contribution < -0.4 is 25.5 Å². The van der Waals surface area contributed by atoms with Gasteiger partial charge < -0.3 is 34.3 Å². The first kappa shape index (κ1) is 26.2. The van der Waals surface area contributed by atoms with Crippen LogP contribution in [0.5, 0.6) is 5.75 Å². The van der Waals surface area contributed by atoms with Crippen molar-refractivity contribution >= 4 is 34.2 Å². The Hall–Kier alpha value is -4.05. The largest absolute Gasteiger partial charge is 0.495 e. The van der Waals surface area contributed by atoms with Gasteiger partial charge in [0.05, 0.1) is 19.4 Å². The Morgan fingerprint density at radius 1 is 1.02 bits per heavy atom. The Morgan fingerprint density at radius 3 is 2.52 bits per heavy atom.